The maximum absolute atomic E-state index is 12.3. The van der Waals surface area contributed by atoms with Gasteiger partial charge in [0.15, 0.2) is 0 Å². The molecular weight excluding hydrogens is 529 g/mol. The highest BCUT2D eigenvalue weighted by molar-refractivity contribution is 7.78. The van der Waals surface area contributed by atoms with Crippen molar-refractivity contribution in [3.05, 3.63) is 107 Å². The van der Waals surface area contributed by atoms with Crippen molar-refractivity contribution in [1.29, 1.82) is 0 Å². The van der Waals surface area contributed by atoms with E-state index in [9.17, 15) is 4.79 Å². The molecule has 0 fully saturated rings. The molecule has 40 heavy (non-hydrogen) atoms. The molecule has 0 radical (unpaired) electrons. The van der Waals surface area contributed by atoms with Crippen molar-refractivity contribution in [2.75, 3.05) is 0 Å². The zero-order chi connectivity index (χ0) is 30.3. The monoisotopic (exact) mass is 571 g/mol. The van der Waals surface area contributed by atoms with Crippen LogP contribution in [0.15, 0.2) is 89.9 Å². The topological polar surface area (TPSA) is 38.7 Å². The smallest absolute Gasteiger partial charge is 0.343 e. The van der Waals surface area contributed by atoms with Crippen molar-refractivity contribution in [2.24, 2.45) is 4.99 Å². The van der Waals surface area contributed by atoms with E-state index >= 15 is 0 Å². The van der Waals surface area contributed by atoms with E-state index < -0.39 is 0 Å². The number of carbonyl (C=O) groups excluding carboxylic acids is 1. The van der Waals surface area contributed by atoms with Crippen LogP contribution in [0.5, 0.6) is 5.75 Å². The van der Waals surface area contributed by atoms with Gasteiger partial charge in [0.1, 0.15) is 5.75 Å². The van der Waals surface area contributed by atoms with Crippen molar-refractivity contribution >= 4 is 49.0 Å². The number of isothiocyanates is 1. The van der Waals surface area contributed by atoms with E-state index in [0.29, 0.717) is 11.3 Å². The highest BCUT2D eigenvalue weighted by atomic mass is 32.1. The van der Waals surface area contributed by atoms with Crippen LogP contribution in [0.4, 0.5) is 5.69 Å². The van der Waals surface area contributed by atoms with Crippen LogP contribution in [-0.2, 0) is 6.16 Å². The van der Waals surface area contributed by atoms with Gasteiger partial charge in [0.05, 0.1) is 16.4 Å². The Labute approximate surface area is 249 Å². The third-order valence-electron chi connectivity index (χ3n) is 4.84. The normalized spacial score (nSPS) is 8.62. The van der Waals surface area contributed by atoms with Crippen molar-refractivity contribution in [3.63, 3.8) is 0 Å². The molecule has 210 valence electrons. The van der Waals surface area contributed by atoms with Crippen molar-refractivity contribution in [1.82, 2.24) is 0 Å². The average Bonchev–Trinajstić information content (AvgIpc) is 3.04. The van der Waals surface area contributed by atoms with Gasteiger partial charge < -0.3 is 4.74 Å². The Bertz CT molecular complexity index is 1400. The summed E-state index contributed by atoms with van der Waals surface area (Å²) in [5, 5.41) is 4.53. The zero-order valence-corrected chi connectivity index (χ0v) is 27.0. The second-order valence-electron chi connectivity index (χ2n) is 7.01. The molecule has 0 aliphatic carbocycles. The number of benzene rings is 4. The van der Waals surface area contributed by atoms with Crippen molar-refractivity contribution < 1.29 is 9.53 Å². The van der Waals surface area contributed by atoms with Gasteiger partial charge in [0, 0.05) is 11.1 Å². The van der Waals surface area contributed by atoms with Gasteiger partial charge in [-0.1, -0.05) is 91.5 Å². The highest BCUT2D eigenvalue weighted by Gasteiger charge is 2.08. The molecule has 0 heterocycles. The van der Waals surface area contributed by atoms with Crippen LogP contribution in [0.1, 0.15) is 82.4 Å². The molecule has 0 aliphatic heterocycles. The number of hydrogen-bond acceptors (Lipinski definition) is 4. The van der Waals surface area contributed by atoms with Crippen LogP contribution >= 0.6 is 21.5 Å². The van der Waals surface area contributed by atoms with Gasteiger partial charge in [-0.3, -0.25) is 0 Å². The fraction of sp³-hybridized carbons (Fsp3) is 0.257. The van der Waals surface area contributed by atoms with E-state index in [1.165, 1.54) is 0 Å². The molecule has 0 bridgehead atoms. The Balaban J connectivity index is 0.00000175. The summed E-state index contributed by atoms with van der Waals surface area (Å²) in [6.45, 7) is 16.0. The van der Waals surface area contributed by atoms with E-state index in [1.807, 2.05) is 116 Å². The molecule has 0 saturated carbocycles. The molecule has 0 spiro atoms. The lowest BCUT2D eigenvalue weighted by atomic mass is 10.1. The van der Waals surface area contributed by atoms with E-state index in [2.05, 4.69) is 43.5 Å². The lowest BCUT2D eigenvalue weighted by molar-refractivity contribution is 0.0734. The molecule has 0 saturated heterocycles. The lowest BCUT2D eigenvalue weighted by Gasteiger charge is -2.05. The predicted octanol–water partition coefficient (Wildman–Crippen LogP) is 10.7. The maximum atomic E-state index is 12.3. The summed E-state index contributed by atoms with van der Waals surface area (Å²) in [7, 11) is 2.66. The van der Waals surface area contributed by atoms with Crippen LogP contribution in [0.25, 0.3) is 10.8 Å². The number of thiocarbonyl (C=S) groups is 1. The quantitative estimate of drug-likeness (QED) is 0.0611. The maximum Gasteiger partial charge on any atom is 0.343 e. The Hall–Kier alpha value is -3.60. The van der Waals surface area contributed by atoms with Crippen LogP contribution in [-0.4, -0.2) is 11.1 Å². The van der Waals surface area contributed by atoms with Crippen molar-refractivity contribution in [3.8, 4) is 17.6 Å². The number of hydrogen-bond donors (Lipinski definition) is 0. The summed E-state index contributed by atoms with van der Waals surface area (Å²) in [5.41, 5.74) is 4.19. The molecule has 0 aliphatic rings. The van der Waals surface area contributed by atoms with Gasteiger partial charge in [-0.05, 0) is 95.4 Å². The Morgan fingerprint density at radius 1 is 0.725 bits per heavy atom. The third kappa shape index (κ3) is 12.1. The standard InChI is InChI=1S/C27H18NO2PS.4C2H6/c29-27(22-8-4-21(17-31)5-9-22)30-26-13-6-19(7-14-26)1-2-20-3-10-24-16-25(28-18-32)12-11-23(24)15-20;4*1-2/h3-16H,17,31H2;4*1-2H3. The first-order chi connectivity index (χ1) is 19.6. The second-order valence-corrected chi connectivity index (χ2v) is 7.61. The van der Waals surface area contributed by atoms with Gasteiger partial charge in [-0.2, -0.15) is 4.99 Å². The van der Waals surface area contributed by atoms with Crippen LogP contribution in [0, 0.1) is 11.8 Å². The van der Waals surface area contributed by atoms with Crippen molar-refractivity contribution in [2.45, 2.75) is 61.6 Å². The van der Waals surface area contributed by atoms with Gasteiger partial charge in [-0.15, -0.1) is 9.24 Å². The van der Waals surface area contributed by atoms with Gasteiger partial charge in [-0.25, -0.2) is 4.79 Å². The number of nitrogens with zero attached hydrogens (tertiary/aromatic N) is 1. The van der Waals surface area contributed by atoms with Gasteiger partial charge in [0.25, 0.3) is 0 Å². The molecule has 4 aromatic rings. The second kappa shape index (κ2) is 22.2. The molecule has 0 N–H and O–H groups in total. The highest BCUT2D eigenvalue weighted by Crippen LogP contribution is 2.22. The zero-order valence-electron chi connectivity index (χ0n) is 25.0. The average molecular weight is 572 g/mol. The van der Waals surface area contributed by atoms with E-state index in [-0.39, 0.29) is 5.97 Å². The number of esters is 1. The van der Waals surface area contributed by atoms with Gasteiger partial charge >= 0.3 is 5.97 Å². The van der Waals surface area contributed by atoms with E-state index in [1.54, 1.807) is 24.3 Å². The largest absolute Gasteiger partial charge is 0.423 e. The molecule has 1 atom stereocenters. The summed E-state index contributed by atoms with van der Waals surface area (Å²) in [6, 6.07) is 26.4. The molecule has 5 heteroatoms. The summed E-state index contributed by atoms with van der Waals surface area (Å²) < 4.78 is 5.46. The molecule has 4 rings (SSSR count). The SMILES string of the molecule is CC.CC.CC.CC.O=C(Oc1ccc(C#Cc2ccc3cc(N=C=S)ccc3c2)cc1)c1ccc(CP)cc1. The fourth-order valence-electron chi connectivity index (χ4n) is 3.13. The van der Waals surface area contributed by atoms with E-state index in [4.69, 9.17) is 4.74 Å². The summed E-state index contributed by atoms with van der Waals surface area (Å²) >= 11 is 4.66. The summed E-state index contributed by atoms with van der Waals surface area (Å²) in [6.07, 6.45) is 0.849. The first-order valence-electron chi connectivity index (χ1n) is 13.9. The number of aliphatic imine (C=N–C) groups is 1. The number of fused-ring (bicyclic) bond motifs is 1. The Morgan fingerprint density at radius 3 is 1.82 bits per heavy atom. The molecule has 1 unspecified atom stereocenters. The van der Waals surface area contributed by atoms with E-state index in [0.717, 1.165) is 39.3 Å². The summed E-state index contributed by atoms with van der Waals surface area (Å²) in [5.74, 6) is 6.43. The molecule has 0 amide bonds. The first-order valence-corrected chi connectivity index (χ1v) is 15.1. The Morgan fingerprint density at radius 2 is 1.25 bits per heavy atom. The van der Waals surface area contributed by atoms with Crippen LogP contribution < -0.4 is 4.74 Å². The minimum Gasteiger partial charge on any atom is -0.423 e. The van der Waals surface area contributed by atoms with Crippen LogP contribution in [0.3, 0.4) is 0 Å². The minimum atomic E-state index is -0.380. The Kier molecular flexibility index (Phi) is 20.2. The molecule has 4 aromatic carbocycles. The minimum absolute atomic E-state index is 0.380. The molecule has 0 aromatic heterocycles. The summed E-state index contributed by atoms with van der Waals surface area (Å²) in [4.78, 5) is 16.3. The fourth-order valence-corrected chi connectivity index (χ4v) is 3.50. The van der Waals surface area contributed by atoms with Gasteiger partial charge in [0.2, 0.25) is 0 Å². The number of carbonyl (C=O) groups is 1. The first kappa shape index (κ1) is 36.4. The predicted molar refractivity (Wildman–Crippen MR) is 181 cm³/mol. The molecular formula is C35H42NO2PS. The molecule has 3 nitrogen and oxygen atoms in total. The number of rotatable bonds is 4. The third-order valence-corrected chi connectivity index (χ3v) is 5.40. The lowest BCUT2D eigenvalue weighted by Crippen LogP contribution is -2.08. The van der Waals surface area contributed by atoms with Crippen LogP contribution in [0.2, 0.25) is 0 Å². The number of ether oxygens (including phenoxy) is 1.